The van der Waals surface area contributed by atoms with Gasteiger partial charge in [-0.25, -0.2) is 19.3 Å². The number of fused-ring (bicyclic) bond motifs is 1. The number of nitrogens with zero attached hydrogens (tertiary/aromatic N) is 4. The summed E-state index contributed by atoms with van der Waals surface area (Å²) in [6, 6.07) is 2.45. The second-order valence-corrected chi connectivity index (χ2v) is 4.83. The Bertz CT molecular complexity index is 617. The molecule has 0 spiro atoms. The third-order valence-electron chi connectivity index (χ3n) is 3.51. The van der Waals surface area contributed by atoms with Crippen LogP contribution in [-0.4, -0.2) is 38.2 Å². The predicted octanol–water partition coefficient (Wildman–Crippen LogP) is -0.266. The van der Waals surface area contributed by atoms with E-state index in [0.29, 0.717) is 11.7 Å². The summed E-state index contributed by atoms with van der Waals surface area (Å²) in [7, 11) is 0. The predicted molar refractivity (Wildman–Crippen MR) is 67.6 cm³/mol. The summed E-state index contributed by atoms with van der Waals surface area (Å²) in [5.74, 6) is 0.848. The molecule has 18 heavy (non-hydrogen) atoms. The van der Waals surface area contributed by atoms with Crippen molar-refractivity contribution < 1.29 is 0 Å². The number of hydrogen-bond acceptors (Lipinski definition) is 5. The molecule has 3 N–H and O–H groups in total. The van der Waals surface area contributed by atoms with Crippen LogP contribution in [0.5, 0.6) is 0 Å². The minimum absolute atomic E-state index is 0.266. The van der Waals surface area contributed by atoms with Crippen LogP contribution < -0.4 is 16.3 Å². The van der Waals surface area contributed by atoms with E-state index in [1.165, 1.54) is 10.7 Å². The molecule has 7 heteroatoms. The van der Waals surface area contributed by atoms with Gasteiger partial charge in [0.2, 0.25) is 0 Å². The van der Waals surface area contributed by atoms with Crippen molar-refractivity contribution in [2.75, 3.05) is 11.4 Å². The summed E-state index contributed by atoms with van der Waals surface area (Å²) in [6.45, 7) is 3.03. The van der Waals surface area contributed by atoms with Gasteiger partial charge in [0.05, 0.1) is 0 Å². The lowest BCUT2D eigenvalue weighted by molar-refractivity contribution is 0.427. The van der Waals surface area contributed by atoms with E-state index in [9.17, 15) is 4.79 Å². The van der Waals surface area contributed by atoms with E-state index in [0.717, 1.165) is 25.2 Å². The van der Waals surface area contributed by atoms with Gasteiger partial charge in [-0.05, 0) is 19.8 Å². The van der Waals surface area contributed by atoms with Crippen molar-refractivity contribution >= 4 is 11.5 Å². The highest BCUT2D eigenvalue weighted by molar-refractivity contribution is 5.51. The maximum Gasteiger partial charge on any atom is 0.348 e. The number of piperidine rings is 1. The standard InChI is InChI=1S/C11H16N6O/c1-7-4-8(12)2-3-16(7)9-5-10-14-15-11(18)17(10)6-13-9/h5-8H,2-4,12H2,1H3,(H,15,18). The number of hydrogen-bond donors (Lipinski definition) is 2. The van der Waals surface area contributed by atoms with Crippen molar-refractivity contribution in [3.8, 4) is 0 Å². The molecule has 96 valence electrons. The number of nitrogens with one attached hydrogen (secondary N) is 1. The number of aromatic amines is 1. The first kappa shape index (κ1) is 11.2. The van der Waals surface area contributed by atoms with Gasteiger partial charge in [0.1, 0.15) is 12.1 Å². The summed E-state index contributed by atoms with van der Waals surface area (Å²) in [4.78, 5) is 17.9. The first-order valence-corrected chi connectivity index (χ1v) is 6.10. The summed E-state index contributed by atoms with van der Waals surface area (Å²) >= 11 is 0. The fraction of sp³-hybridized carbons (Fsp3) is 0.545. The van der Waals surface area contributed by atoms with Crippen LogP contribution in [0.1, 0.15) is 19.8 Å². The van der Waals surface area contributed by atoms with Gasteiger partial charge in [0.25, 0.3) is 0 Å². The number of anilines is 1. The zero-order valence-corrected chi connectivity index (χ0v) is 10.2. The Kier molecular flexibility index (Phi) is 2.55. The molecule has 0 amide bonds. The Balaban J connectivity index is 1.96. The van der Waals surface area contributed by atoms with Crippen molar-refractivity contribution in [3.05, 3.63) is 22.9 Å². The average Bonchev–Trinajstić information content (AvgIpc) is 2.71. The van der Waals surface area contributed by atoms with E-state index in [1.807, 2.05) is 6.07 Å². The third kappa shape index (κ3) is 1.76. The Morgan fingerprint density at radius 3 is 3.17 bits per heavy atom. The first-order valence-electron chi connectivity index (χ1n) is 6.10. The van der Waals surface area contributed by atoms with Crippen LogP contribution in [0.4, 0.5) is 5.82 Å². The van der Waals surface area contributed by atoms with Gasteiger partial charge < -0.3 is 10.6 Å². The van der Waals surface area contributed by atoms with Crippen LogP contribution in [0.3, 0.4) is 0 Å². The monoisotopic (exact) mass is 248 g/mol. The first-order chi connectivity index (χ1) is 8.65. The van der Waals surface area contributed by atoms with Gasteiger partial charge >= 0.3 is 5.69 Å². The molecule has 2 unspecified atom stereocenters. The van der Waals surface area contributed by atoms with Crippen molar-refractivity contribution in [3.63, 3.8) is 0 Å². The molecule has 2 atom stereocenters. The highest BCUT2D eigenvalue weighted by Gasteiger charge is 2.24. The summed E-state index contributed by atoms with van der Waals surface area (Å²) in [6.07, 6.45) is 3.43. The van der Waals surface area contributed by atoms with E-state index in [-0.39, 0.29) is 11.7 Å². The summed E-state index contributed by atoms with van der Waals surface area (Å²) < 4.78 is 1.39. The fourth-order valence-corrected chi connectivity index (χ4v) is 2.51. The summed E-state index contributed by atoms with van der Waals surface area (Å²) in [5.41, 5.74) is 6.27. The highest BCUT2D eigenvalue weighted by atomic mass is 16.1. The van der Waals surface area contributed by atoms with Gasteiger partial charge in [0, 0.05) is 24.7 Å². The van der Waals surface area contributed by atoms with Crippen molar-refractivity contribution in [2.24, 2.45) is 5.73 Å². The maximum absolute atomic E-state index is 11.3. The fourth-order valence-electron chi connectivity index (χ4n) is 2.51. The zero-order chi connectivity index (χ0) is 12.7. The lowest BCUT2D eigenvalue weighted by Crippen LogP contribution is -2.46. The van der Waals surface area contributed by atoms with Gasteiger partial charge in [-0.3, -0.25) is 0 Å². The Morgan fingerprint density at radius 2 is 2.39 bits per heavy atom. The number of aromatic nitrogens is 4. The molecule has 0 aliphatic carbocycles. The average molecular weight is 248 g/mol. The molecule has 1 saturated heterocycles. The lowest BCUT2D eigenvalue weighted by Gasteiger charge is -2.37. The van der Waals surface area contributed by atoms with Crippen molar-refractivity contribution in [1.29, 1.82) is 0 Å². The quantitative estimate of drug-likeness (QED) is 0.725. The van der Waals surface area contributed by atoms with Crippen molar-refractivity contribution in [2.45, 2.75) is 31.8 Å². The minimum atomic E-state index is -0.266. The third-order valence-corrected chi connectivity index (χ3v) is 3.51. The van der Waals surface area contributed by atoms with Crippen LogP contribution in [0.15, 0.2) is 17.2 Å². The Morgan fingerprint density at radius 1 is 1.56 bits per heavy atom. The molecule has 3 rings (SSSR count). The van der Waals surface area contributed by atoms with Crippen LogP contribution >= 0.6 is 0 Å². The highest BCUT2D eigenvalue weighted by Crippen LogP contribution is 2.22. The Labute approximate surface area is 104 Å². The van der Waals surface area contributed by atoms with Crippen LogP contribution in [0.25, 0.3) is 5.65 Å². The number of nitrogens with two attached hydrogens (primary N) is 1. The second kappa shape index (κ2) is 4.09. The van der Waals surface area contributed by atoms with Gasteiger partial charge in [-0.15, -0.1) is 0 Å². The molecule has 1 aliphatic rings. The number of H-pyrrole nitrogens is 1. The van der Waals surface area contributed by atoms with E-state index in [2.05, 4.69) is 27.0 Å². The minimum Gasteiger partial charge on any atom is -0.354 e. The lowest BCUT2D eigenvalue weighted by atomic mass is 9.99. The van der Waals surface area contributed by atoms with Gasteiger partial charge in [-0.1, -0.05) is 0 Å². The summed E-state index contributed by atoms with van der Waals surface area (Å²) in [5, 5.41) is 6.35. The molecule has 0 bridgehead atoms. The molecule has 1 aliphatic heterocycles. The Hall–Kier alpha value is -1.89. The second-order valence-electron chi connectivity index (χ2n) is 4.83. The van der Waals surface area contributed by atoms with Crippen molar-refractivity contribution in [1.82, 2.24) is 19.6 Å². The van der Waals surface area contributed by atoms with E-state index in [1.54, 1.807) is 0 Å². The largest absolute Gasteiger partial charge is 0.354 e. The zero-order valence-electron chi connectivity index (χ0n) is 10.2. The number of rotatable bonds is 1. The van der Waals surface area contributed by atoms with Crippen LogP contribution in [-0.2, 0) is 0 Å². The molecule has 0 saturated carbocycles. The molecular weight excluding hydrogens is 232 g/mol. The topological polar surface area (TPSA) is 92.3 Å². The molecule has 7 nitrogen and oxygen atoms in total. The maximum atomic E-state index is 11.3. The van der Waals surface area contributed by atoms with Crippen LogP contribution in [0, 0.1) is 0 Å². The smallest absolute Gasteiger partial charge is 0.348 e. The molecular formula is C11H16N6O. The normalized spacial score (nSPS) is 24.7. The van der Waals surface area contributed by atoms with E-state index >= 15 is 0 Å². The SMILES string of the molecule is CC1CC(N)CCN1c1cc2n[nH]c(=O)n2cn1. The van der Waals surface area contributed by atoms with Crippen LogP contribution in [0.2, 0.25) is 0 Å². The van der Waals surface area contributed by atoms with E-state index < -0.39 is 0 Å². The molecule has 3 heterocycles. The molecule has 0 radical (unpaired) electrons. The van der Waals surface area contributed by atoms with Gasteiger partial charge in [0.15, 0.2) is 5.65 Å². The molecule has 2 aromatic rings. The molecule has 0 aromatic carbocycles. The van der Waals surface area contributed by atoms with Gasteiger partial charge in [-0.2, -0.15) is 5.10 Å². The molecule has 2 aromatic heterocycles. The molecule has 1 fully saturated rings. The van der Waals surface area contributed by atoms with E-state index in [4.69, 9.17) is 5.73 Å².